The number of rotatable bonds is 6. The summed E-state index contributed by atoms with van der Waals surface area (Å²) < 4.78 is 26.8. The van der Waals surface area contributed by atoms with E-state index >= 15 is 0 Å². The van der Waals surface area contributed by atoms with E-state index < -0.39 is 17.2 Å². The van der Waals surface area contributed by atoms with Gasteiger partial charge in [0.05, 0.1) is 5.54 Å². The quantitative estimate of drug-likeness (QED) is 0.871. The molecule has 1 aromatic rings. The molecule has 1 atom stereocenters. The van der Waals surface area contributed by atoms with Crippen molar-refractivity contribution >= 4 is 5.91 Å². The monoisotopic (exact) mass is 322 g/mol. The van der Waals surface area contributed by atoms with E-state index in [0.717, 1.165) is 38.4 Å². The smallest absolute Gasteiger partial charge is 0.220 e. The van der Waals surface area contributed by atoms with Gasteiger partial charge in [0.2, 0.25) is 5.91 Å². The molecule has 0 unspecified atom stereocenters. The van der Waals surface area contributed by atoms with Gasteiger partial charge in [0.15, 0.2) is 0 Å². The van der Waals surface area contributed by atoms with E-state index in [1.54, 1.807) is 0 Å². The van der Waals surface area contributed by atoms with Crippen molar-refractivity contribution < 1.29 is 13.6 Å². The largest absolute Gasteiger partial charge is 0.347 e. The van der Waals surface area contributed by atoms with Crippen LogP contribution < -0.4 is 5.32 Å². The third-order valence-corrected chi connectivity index (χ3v) is 5.10. The van der Waals surface area contributed by atoms with Crippen molar-refractivity contribution in [3.63, 3.8) is 0 Å². The number of carbonyl (C=O) groups excluding carboxylic acids is 1. The van der Waals surface area contributed by atoms with Gasteiger partial charge in [-0.3, -0.25) is 4.79 Å². The number of halogens is 2. The summed E-state index contributed by atoms with van der Waals surface area (Å²) in [7, 11) is 0. The van der Waals surface area contributed by atoms with Gasteiger partial charge in [-0.05, 0) is 69.8 Å². The molecule has 5 heteroatoms. The minimum atomic E-state index is -0.594. The first-order chi connectivity index (χ1) is 11.0. The molecule has 1 saturated carbocycles. The Morgan fingerprint density at radius 3 is 2.39 bits per heavy atom. The average molecular weight is 322 g/mol. The molecule has 126 valence electrons. The van der Waals surface area contributed by atoms with Gasteiger partial charge < -0.3 is 10.2 Å². The van der Waals surface area contributed by atoms with E-state index in [1.165, 1.54) is 25.0 Å². The van der Waals surface area contributed by atoms with Gasteiger partial charge in [0.1, 0.15) is 11.6 Å². The van der Waals surface area contributed by atoms with E-state index in [0.29, 0.717) is 18.0 Å². The van der Waals surface area contributed by atoms with Crippen molar-refractivity contribution in [2.24, 2.45) is 0 Å². The molecule has 0 radical (unpaired) electrons. The molecule has 0 spiro atoms. The van der Waals surface area contributed by atoms with Gasteiger partial charge in [0.25, 0.3) is 0 Å². The summed E-state index contributed by atoms with van der Waals surface area (Å²) in [5, 5.41) is 2.99. The number of amides is 1. The van der Waals surface area contributed by atoms with Crippen LogP contribution in [0.5, 0.6) is 0 Å². The standard InChI is InChI=1S/C18H24F2N2O/c1-13(22-8-2-3-9-22)4-5-17(23)21-18(6-7-18)14-10-15(19)12-16(20)11-14/h10-13H,2-9H2,1H3,(H,21,23)/t13-/m1/s1. The minimum Gasteiger partial charge on any atom is -0.347 e. The molecule has 0 aromatic heterocycles. The molecule has 0 bridgehead atoms. The lowest BCUT2D eigenvalue weighted by molar-refractivity contribution is -0.122. The Labute approximate surface area is 136 Å². The van der Waals surface area contributed by atoms with Crippen LogP contribution in [0.1, 0.15) is 51.0 Å². The first-order valence-electron chi connectivity index (χ1n) is 8.50. The SMILES string of the molecule is C[C@H](CCC(=O)NC1(c2cc(F)cc(F)c2)CC1)N1CCCC1. The van der Waals surface area contributed by atoms with E-state index in [-0.39, 0.29) is 5.91 Å². The highest BCUT2D eigenvalue weighted by molar-refractivity contribution is 5.77. The lowest BCUT2D eigenvalue weighted by Crippen LogP contribution is -2.36. The Hall–Kier alpha value is -1.49. The van der Waals surface area contributed by atoms with Crippen molar-refractivity contribution in [3.8, 4) is 0 Å². The fraction of sp³-hybridized carbons (Fsp3) is 0.611. The van der Waals surface area contributed by atoms with Crippen LogP contribution in [0.2, 0.25) is 0 Å². The number of nitrogens with one attached hydrogen (secondary N) is 1. The topological polar surface area (TPSA) is 32.3 Å². The number of hydrogen-bond donors (Lipinski definition) is 1. The summed E-state index contributed by atoms with van der Waals surface area (Å²) >= 11 is 0. The van der Waals surface area contributed by atoms with Gasteiger partial charge in [-0.1, -0.05) is 0 Å². The van der Waals surface area contributed by atoms with E-state index in [1.807, 2.05) is 0 Å². The normalized spacial score (nSPS) is 21.2. The predicted octanol–water partition coefficient (Wildman–Crippen LogP) is 3.33. The molecular formula is C18H24F2N2O. The molecule has 3 nitrogen and oxygen atoms in total. The zero-order valence-corrected chi connectivity index (χ0v) is 13.6. The zero-order valence-electron chi connectivity index (χ0n) is 13.6. The highest BCUT2D eigenvalue weighted by Gasteiger charge is 2.46. The van der Waals surface area contributed by atoms with Crippen LogP contribution in [-0.2, 0) is 10.3 Å². The first-order valence-corrected chi connectivity index (χ1v) is 8.50. The fourth-order valence-electron chi connectivity index (χ4n) is 3.48. The second-order valence-electron chi connectivity index (χ2n) is 6.92. The highest BCUT2D eigenvalue weighted by atomic mass is 19.1. The summed E-state index contributed by atoms with van der Waals surface area (Å²) in [5.74, 6) is -1.22. The maximum absolute atomic E-state index is 13.4. The molecule has 1 aliphatic carbocycles. The van der Waals surface area contributed by atoms with Crippen molar-refractivity contribution in [2.75, 3.05) is 13.1 Å². The van der Waals surface area contributed by atoms with Crippen molar-refractivity contribution in [1.29, 1.82) is 0 Å². The molecule has 2 aliphatic rings. The van der Waals surface area contributed by atoms with Crippen molar-refractivity contribution in [1.82, 2.24) is 10.2 Å². The third kappa shape index (κ3) is 3.89. The predicted molar refractivity (Wildman–Crippen MR) is 84.9 cm³/mol. The van der Waals surface area contributed by atoms with Gasteiger partial charge in [0, 0.05) is 18.5 Å². The fourth-order valence-corrected chi connectivity index (χ4v) is 3.48. The summed E-state index contributed by atoms with van der Waals surface area (Å²) in [6.07, 6.45) is 5.23. The molecule has 1 N–H and O–H groups in total. The number of likely N-dealkylation sites (tertiary alicyclic amines) is 1. The first kappa shape index (κ1) is 16.4. The summed E-state index contributed by atoms with van der Waals surface area (Å²) in [6, 6.07) is 3.91. The Bertz CT molecular complexity index is 560. The molecule has 1 aliphatic heterocycles. The highest BCUT2D eigenvalue weighted by Crippen LogP contribution is 2.46. The minimum absolute atomic E-state index is 0.0294. The molecule has 1 saturated heterocycles. The van der Waals surface area contributed by atoms with Crippen molar-refractivity contribution in [3.05, 3.63) is 35.4 Å². The lowest BCUT2D eigenvalue weighted by Gasteiger charge is -2.24. The van der Waals surface area contributed by atoms with E-state index in [2.05, 4.69) is 17.1 Å². The number of nitrogens with zero attached hydrogens (tertiary/aromatic N) is 1. The molecule has 1 aromatic carbocycles. The van der Waals surface area contributed by atoms with Crippen LogP contribution in [0.15, 0.2) is 18.2 Å². The van der Waals surface area contributed by atoms with Crippen LogP contribution in [0.3, 0.4) is 0 Å². The molecule has 2 fully saturated rings. The molecule has 23 heavy (non-hydrogen) atoms. The third-order valence-electron chi connectivity index (χ3n) is 5.10. The van der Waals surface area contributed by atoms with Gasteiger partial charge in [-0.15, -0.1) is 0 Å². The van der Waals surface area contributed by atoms with Gasteiger partial charge in [-0.2, -0.15) is 0 Å². The van der Waals surface area contributed by atoms with Gasteiger partial charge >= 0.3 is 0 Å². The van der Waals surface area contributed by atoms with Crippen LogP contribution >= 0.6 is 0 Å². The summed E-state index contributed by atoms with van der Waals surface area (Å²) in [4.78, 5) is 14.7. The molecule has 1 amide bonds. The van der Waals surface area contributed by atoms with Crippen LogP contribution in [0.4, 0.5) is 8.78 Å². The van der Waals surface area contributed by atoms with Gasteiger partial charge in [-0.25, -0.2) is 8.78 Å². The molecule has 1 heterocycles. The number of benzene rings is 1. The Morgan fingerprint density at radius 2 is 1.83 bits per heavy atom. The average Bonchev–Trinajstić information content (AvgIpc) is 3.07. The van der Waals surface area contributed by atoms with E-state index in [4.69, 9.17) is 0 Å². The Kier molecular flexibility index (Phi) is 4.67. The summed E-state index contributed by atoms with van der Waals surface area (Å²) in [6.45, 7) is 4.40. The zero-order chi connectivity index (χ0) is 16.4. The number of carbonyl (C=O) groups is 1. The molecular weight excluding hydrogens is 298 g/mol. The molecule has 3 rings (SSSR count). The lowest BCUT2D eigenvalue weighted by atomic mass is 10.0. The van der Waals surface area contributed by atoms with Crippen LogP contribution in [0.25, 0.3) is 0 Å². The van der Waals surface area contributed by atoms with Crippen molar-refractivity contribution in [2.45, 2.75) is 57.0 Å². The maximum atomic E-state index is 13.4. The number of hydrogen-bond acceptors (Lipinski definition) is 2. The summed E-state index contributed by atoms with van der Waals surface area (Å²) in [5.41, 5.74) is -0.0207. The maximum Gasteiger partial charge on any atom is 0.220 e. The second-order valence-corrected chi connectivity index (χ2v) is 6.92. The Balaban J connectivity index is 1.54. The van der Waals surface area contributed by atoms with Crippen LogP contribution in [0, 0.1) is 11.6 Å². The van der Waals surface area contributed by atoms with E-state index in [9.17, 15) is 13.6 Å². The van der Waals surface area contributed by atoms with Crippen LogP contribution in [-0.4, -0.2) is 29.9 Å². The Morgan fingerprint density at radius 1 is 1.22 bits per heavy atom. The second kappa shape index (κ2) is 6.56.